The monoisotopic (exact) mass is 440 g/mol. The first-order chi connectivity index (χ1) is 16.2. The number of aromatic amines is 1. The molecular formula is C27H28N4O2. The van der Waals surface area contributed by atoms with Crippen LogP contribution in [0, 0.1) is 11.3 Å². The number of carbonyl (C=O) groups is 1. The van der Waals surface area contributed by atoms with Crippen molar-refractivity contribution in [1.29, 1.82) is 5.26 Å². The summed E-state index contributed by atoms with van der Waals surface area (Å²) in [5.74, 6) is 1.50. The number of ketones is 1. The Labute approximate surface area is 193 Å². The predicted octanol–water partition coefficient (Wildman–Crippen LogP) is 5.11. The van der Waals surface area contributed by atoms with Crippen molar-refractivity contribution in [3.8, 4) is 11.8 Å². The number of piperidine rings is 1. The molecule has 1 aliphatic heterocycles. The van der Waals surface area contributed by atoms with Gasteiger partial charge < -0.3 is 14.3 Å². The zero-order valence-electron chi connectivity index (χ0n) is 18.9. The number of H-pyrrole nitrogens is 1. The maximum atomic E-state index is 13.2. The van der Waals surface area contributed by atoms with Gasteiger partial charge in [0.1, 0.15) is 5.75 Å². The summed E-state index contributed by atoms with van der Waals surface area (Å²) in [6.45, 7) is 2.84. The van der Waals surface area contributed by atoms with Crippen molar-refractivity contribution in [1.82, 2.24) is 14.5 Å². The molecular weight excluding hydrogens is 412 g/mol. The number of rotatable bonds is 7. The lowest BCUT2D eigenvalue weighted by Crippen LogP contribution is -2.36. The number of fused-ring (bicyclic) bond motifs is 2. The van der Waals surface area contributed by atoms with Crippen molar-refractivity contribution < 1.29 is 9.53 Å². The van der Waals surface area contributed by atoms with E-state index in [1.807, 2.05) is 41.1 Å². The Morgan fingerprint density at radius 3 is 2.79 bits per heavy atom. The van der Waals surface area contributed by atoms with Crippen molar-refractivity contribution in [2.45, 2.75) is 31.7 Å². The van der Waals surface area contributed by atoms with Gasteiger partial charge in [-0.25, -0.2) is 0 Å². The van der Waals surface area contributed by atoms with E-state index in [4.69, 9.17) is 10.00 Å². The van der Waals surface area contributed by atoms with Gasteiger partial charge in [0, 0.05) is 46.3 Å². The molecule has 6 heteroatoms. The summed E-state index contributed by atoms with van der Waals surface area (Å²) in [6.07, 6.45) is 6.55. The molecule has 0 atom stereocenters. The quantitative estimate of drug-likeness (QED) is 0.406. The van der Waals surface area contributed by atoms with Gasteiger partial charge in [-0.05, 0) is 61.7 Å². The van der Waals surface area contributed by atoms with E-state index in [-0.39, 0.29) is 5.78 Å². The highest BCUT2D eigenvalue weighted by atomic mass is 16.5. The molecule has 1 N–H and O–H groups in total. The van der Waals surface area contributed by atoms with E-state index in [9.17, 15) is 4.79 Å². The first kappa shape index (κ1) is 21.3. The smallest absolute Gasteiger partial charge is 0.178 e. The number of aromatic nitrogens is 2. The van der Waals surface area contributed by atoms with Crippen LogP contribution in [0.25, 0.3) is 21.8 Å². The van der Waals surface area contributed by atoms with Crippen molar-refractivity contribution in [3.63, 3.8) is 0 Å². The van der Waals surface area contributed by atoms with Gasteiger partial charge >= 0.3 is 0 Å². The minimum absolute atomic E-state index is 0.150. The van der Waals surface area contributed by atoms with Crippen LogP contribution >= 0.6 is 0 Å². The lowest BCUT2D eigenvalue weighted by atomic mass is 9.89. The van der Waals surface area contributed by atoms with Crippen LogP contribution in [0.2, 0.25) is 0 Å². The Balaban J connectivity index is 1.27. The number of nitrogens with zero attached hydrogens (tertiary/aromatic N) is 3. The van der Waals surface area contributed by atoms with Crippen LogP contribution < -0.4 is 4.74 Å². The second-order valence-corrected chi connectivity index (χ2v) is 8.79. The fourth-order valence-electron chi connectivity index (χ4n) is 5.10. The summed E-state index contributed by atoms with van der Waals surface area (Å²) in [6, 6.07) is 16.3. The number of carbonyl (C=O) groups excluding carboxylic acids is 1. The Morgan fingerprint density at radius 2 is 2.00 bits per heavy atom. The number of ether oxygens (including phenoxy) is 1. The van der Waals surface area contributed by atoms with E-state index in [1.165, 1.54) is 10.9 Å². The Hall–Kier alpha value is -3.56. The maximum absolute atomic E-state index is 13.2. The van der Waals surface area contributed by atoms with Crippen molar-refractivity contribution in [2.24, 2.45) is 0 Å². The molecule has 1 aliphatic rings. The summed E-state index contributed by atoms with van der Waals surface area (Å²) >= 11 is 0. The Kier molecular flexibility index (Phi) is 5.89. The molecule has 0 amide bonds. The predicted molar refractivity (Wildman–Crippen MR) is 130 cm³/mol. The van der Waals surface area contributed by atoms with E-state index in [2.05, 4.69) is 34.3 Å². The van der Waals surface area contributed by atoms with Crippen LogP contribution in [0.1, 0.15) is 41.1 Å². The number of para-hydroxylation sites is 1. The van der Waals surface area contributed by atoms with Crippen LogP contribution in [-0.4, -0.2) is 47.0 Å². The lowest BCUT2D eigenvalue weighted by Gasteiger charge is -2.31. The molecule has 0 radical (unpaired) electrons. The van der Waals surface area contributed by atoms with Gasteiger partial charge in [-0.2, -0.15) is 5.26 Å². The van der Waals surface area contributed by atoms with Crippen LogP contribution in [0.15, 0.2) is 54.9 Å². The second-order valence-electron chi connectivity index (χ2n) is 8.79. The van der Waals surface area contributed by atoms with Gasteiger partial charge in [0.2, 0.25) is 0 Å². The van der Waals surface area contributed by atoms with E-state index >= 15 is 0 Å². The van der Waals surface area contributed by atoms with Gasteiger partial charge in [-0.15, -0.1) is 0 Å². The molecule has 0 bridgehead atoms. The average molecular weight is 441 g/mol. The molecule has 2 aromatic carbocycles. The van der Waals surface area contributed by atoms with E-state index in [0.29, 0.717) is 25.4 Å². The third kappa shape index (κ3) is 4.12. The number of methoxy groups -OCH3 is 1. The maximum Gasteiger partial charge on any atom is 0.178 e. The van der Waals surface area contributed by atoms with Crippen molar-refractivity contribution >= 4 is 27.6 Å². The fraction of sp³-hybridized carbons (Fsp3) is 0.333. The van der Waals surface area contributed by atoms with Gasteiger partial charge in [-0.3, -0.25) is 9.69 Å². The Morgan fingerprint density at radius 1 is 1.18 bits per heavy atom. The highest BCUT2D eigenvalue weighted by molar-refractivity contribution is 6.09. The second kappa shape index (κ2) is 9.13. The average Bonchev–Trinajstić information content (AvgIpc) is 3.44. The molecule has 1 saturated heterocycles. The summed E-state index contributed by atoms with van der Waals surface area (Å²) in [4.78, 5) is 18.9. The number of hydrogen-bond acceptors (Lipinski definition) is 4. The van der Waals surface area contributed by atoms with Crippen molar-refractivity contribution in [3.05, 3.63) is 66.0 Å². The first-order valence-corrected chi connectivity index (χ1v) is 11.5. The summed E-state index contributed by atoms with van der Waals surface area (Å²) < 4.78 is 7.44. The molecule has 33 heavy (non-hydrogen) atoms. The number of aryl methyl sites for hydroxylation is 1. The topological polar surface area (TPSA) is 74.0 Å². The van der Waals surface area contributed by atoms with E-state index in [1.54, 1.807) is 7.11 Å². The van der Waals surface area contributed by atoms with E-state index < -0.39 is 0 Å². The highest BCUT2D eigenvalue weighted by Gasteiger charge is 2.25. The molecule has 0 aliphatic carbocycles. The molecule has 3 heterocycles. The van der Waals surface area contributed by atoms with Gasteiger partial charge in [-0.1, -0.05) is 18.2 Å². The normalized spacial score (nSPS) is 15.2. The number of likely N-dealkylation sites (tertiary alicyclic amines) is 1. The van der Waals surface area contributed by atoms with Crippen LogP contribution in [0.4, 0.5) is 0 Å². The minimum Gasteiger partial charge on any atom is -0.497 e. The van der Waals surface area contributed by atoms with Gasteiger partial charge in [0.25, 0.3) is 0 Å². The summed E-state index contributed by atoms with van der Waals surface area (Å²) in [7, 11) is 1.70. The molecule has 0 spiro atoms. The molecule has 2 aromatic heterocycles. The number of benzene rings is 2. The van der Waals surface area contributed by atoms with Crippen LogP contribution in [0.5, 0.6) is 5.75 Å². The number of hydrogen-bond donors (Lipinski definition) is 1. The molecule has 6 nitrogen and oxygen atoms in total. The first-order valence-electron chi connectivity index (χ1n) is 11.5. The molecule has 0 saturated carbocycles. The number of nitrogens with one attached hydrogen (secondary N) is 1. The lowest BCUT2D eigenvalue weighted by molar-refractivity contribution is 0.0911. The molecule has 168 valence electrons. The Bertz CT molecular complexity index is 1340. The third-order valence-electron chi connectivity index (χ3n) is 6.87. The third-order valence-corrected chi connectivity index (χ3v) is 6.87. The van der Waals surface area contributed by atoms with Gasteiger partial charge in [0.05, 0.1) is 26.1 Å². The fourth-order valence-corrected chi connectivity index (χ4v) is 5.10. The van der Waals surface area contributed by atoms with E-state index in [0.717, 1.165) is 53.7 Å². The molecule has 5 rings (SSSR count). The van der Waals surface area contributed by atoms with Gasteiger partial charge in [0.15, 0.2) is 5.78 Å². The molecule has 1 fully saturated rings. The largest absolute Gasteiger partial charge is 0.497 e. The molecule has 4 aromatic rings. The SMILES string of the molecule is COc1ccc2[nH]cc(C3CCN(CC(=O)c4cn(CCC#N)c5ccccc45)CC3)c2c1. The highest BCUT2D eigenvalue weighted by Crippen LogP contribution is 2.35. The number of Topliss-reactive ketones (excluding diaryl/α,β-unsaturated/α-hetero) is 1. The van der Waals surface area contributed by atoms with Crippen LogP contribution in [-0.2, 0) is 6.54 Å². The zero-order chi connectivity index (χ0) is 22.8. The van der Waals surface area contributed by atoms with Crippen LogP contribution in [0.3, 0.4) is 0 Å². The van der Waals surface area contributed by atoms with Crippen molar-refractivity contribution in [2.75, 3.05) is 26.7 Å². The standard InChI is InChI=1S/C27H28N4O2/c1-33-20-7-8-25-22(15-20)23(16-29-25)19-9-13-30(14-10-19)18-27(32)24-17-31(12-4-11-28)26-6-3-2-5-21(24)26/h2-3,5-8,15-17,19,29H,4,9-10,12-14,18H2,1H3. The summed E-state index contributed by atoms with van der Waals surface area (Å²) in [5, 5.41) is 11.2. The molecule has 0 unspecified atom stereocenters. The minimum atomic E-state index is 0.150. The zero-order valence-corrected chi connectivity index (χ0v) is 18.9. The number of nitriles is 1. The summed E-state index contributed by atoms with van der Waals surface area (Å²) in [5.41, 5.74) is 4.26.